The van der Waals surface area contributed by atoms with Gasteiger partial charge in [-0.15, -0.1) is 0 Å². The van der Waals surface area contributed by atoms with Gasteiger partial charge < -0.3 is 4.74 Å². The number of rotatable bonds is 6. The molecule has 2 N–H and O–H groups in total. The van der Waals surface area contributed by atoms with Crippen LogP contribution in [0.15, 0.2) is 88.7 Å². The molecule has 0 unspecified atom stereocenters. The van der Waals surface area contributed by atoms with Gasteiger partial charge in [-0.2, -0.15) is 0 Å². The number of sulfone groups is 1. The van der Waals surface area contributed by atoms with E-state index in [-0.39, 0.29) is 16.2 Å². The van der Waals surface area contributed by atoms with E-state index in [1.54, 1.807) is 36.4 Å². The zero-order chi connectivity index (χ0) is 19.3. The van der Waals surface area contributed by atoms with E-state index in [4.69, 9.17) is 9.94 Å². The molecule has 0 saturated carbocycles. The normalized spacial score (nSPS) is 11.0. The second kappa shape index (κ2) is 8.03. The van der Waals surface area contributed by atoms with Crippen molar-refractivity contribution in [3.05, 3.63) is 84.4 Å². The topological polar surface area (TPSA) is 92.7 Å². The number of hydrogen-bond acceptors (Lipinski definition) is 5. The van der Waals surface area contributed by atoms with Gasteiger partial charge in [0.25, 0.3) is 0 Å². The van der Waals surface area contributed by atoms with E-state index >= 15 is 0 Å². The van der Waals surface area contributed by atoms with Crippen molar-refractivity contribution in [2.45, 2.75) is 16.2 Å². The summed E-state index contributed by atoms with van der Waals surface area (Å²) in [6.45, 7) is 0. The van der Waals surface area contributed by atoms with Gasteiger partial charge in [-0.1, -0.05) is 36.4 Å². The largest absolute Gasteiger partial charge is 0.457 e. The Balaban J connectivity index is 1.88. The number of hydroxylamine groups is 1. The van der Waals surface area contributed by atoms with E-state index in [1.165, 1.54) is 29.7 Å². The number of carbonyl (C=O) groups excluding carboxylic acids is 1. The van der Waals surface area contributed by atoms with Crippen molar-refractivity contribution in [2.24, 2.45) is 0 Å². The van der Waals surface area contributed by atoms with Gasteiger partial charge in [0.15, 0.2) is 0 Å². The molecule has 0 atom stereocenters. The summed E-state index contributed by atoms with van der Waals surface area (Å²) in [4.78, 5) is 11.5. The van der Waals surface area contributed by atoms with Crippen LogP contribution in [0.3, 0.4) is 0 Å². The second-order valence-corrected chi connectivity index (χ2v) is 7.63. The summed E-state index contributed by atoms with van der Waals surface area (Å²) in [7, 11) is -3.83. The lowest BCUT2D eigenvalue weighted by Gasteiger charge is -2.11. The monoisotopic (exact) mass is 383 g/mol. The zero-order valence-corrected chi connectivity index (χ0v) is 15.0. The van der Waals surface area contributed by atoms with Gasteiger partial charge in [-0.05, 0) is 48.0 Å². The average molecular weight is 383 g/mol. The van der Waals surface area contributed by atoms with Crippen LogP contribution in [-0.4, -0.2) is 19.5 Å². The van der Waals surface area contributed by atoms with Gasteiger partial charge in [0, 0.05) is 0 Å². The van der Waals surface area contributed by atoms with Crippen molar-refractivity contribution in [1.82, 2.24) is 5.48 Å². The first kappa shape index (κ1) is 18.6. The minimum Gasteiger partial charge on any atom is -0.457 e. The molecule has 0 aliphatic rings. The molecule has 138 valence electrons. The number of benzene rings is 3. The lowest BCUT2D eigenvalue weighted by atomic mass is 10.1. The van der Waals surface area contributed by atoms with Crippen molar-refractivity contribution >= 4 is 15.7 Å². The number of nitrogens with one attached hydrogen (secondary N) is 1. The minimum absolute atomic E-state index is 0.0188. The highest BCUT2D eigenvalue weighted by Gasteiger charge is 2.22. The van der Waals surface area contributed by atoms with Gasteiger partial charge in [0.05, 0.1) is 16.2 Å². The van der Waals surface area contributed by atoms with Gasteiger partial charge in [0.2, 0.25) is 15.7 Å². The summed E-state index contributed by atoms with van der Waals surface area (Å²) in [6, 6.07) is 21.4. The third-order valence-corrected chi connectivity index (χ3v) is 5.72. The minimum atomic E-state index is -3.83. The van der Waals surface area contributed by atoms with Crippen molar-refractivity contribution in [3.63, 3.8) is 0 Å². The quantitative estimate of drug-likeness (QED) is 0.503. The van der Waals surface area contributed by atoms with Crippen molar-refractivity contribution in [2.75, 3.05) is 0 Å². The standard InChI is InChI=1S/C20H17NO5S/c22-20(21-23)14-15-6-4-5-9-19(15)27(24,25)18-12-10-17(11-13-18)26-16-7-2-1-3-8-16/h1-13,23H,14H2,(H,21,22). The van der Waals surface area contributed by atoms with Crippen LogP contribution in [-0.2, 0) is 21.1 Å². The van der Waals surface area contributed by atoms with Crippen molar-refractivity contribution in [1.29, 1.82) is 0 Å². The summed E-state index contributed by atoms with van der Waals surface area (Å²) in [5, 5.41) is 8.70. The Morgan fingerprint density at radius 2 is 1.44 bits per heavy atom. The van der Waals surface area contributed by atoms with E-state index in [2.05, 4.69) is 0 Å². The fourth-order valence-corrected chi connectivity index (χ4v) is 4.05. The third kappa shape index (κ3) is 4.33. The summed E-state index contributed by atoms with van der Waals surface area (Å²) < 4.78 is 31.6. The van der Waals surface area contributed by atoms with E-state index in [0.29, 0.717) is 17.1 Å². The highest BCUT2D eigenvalue weighted by molar-refractivity contribution is 7.91. The number of para-hydroxylation sites is 1. The van der Waals surface area contributed by atoms with Crippen LogP contribution in [0, 0.1) is 0 Å². The Kier molecular flexibility index (Phi) is 5.54. The number of hydrogen-bond donors (Lipinski definition) is 2. The lowest BCUT2D eigenvalue weighted by molar-refractivity contribution is -0.128. The molecule has 3 rings (SSSR count). The molecule has 27 heavy (non-hydrogen) atoms. The smallest absolute Gasteiger partial charge is 0.247 e. The molecule has 3 aromatic carbocycles. The third-order valence-electron chi connectivity index (χ3n) is 3.85. The molecule has 0 aliphatic heterocycles. The van der Waals surface area contributed by atoms with Crippen LogP contribution >= 0.6 is 0 Å². The van der Waals surface area contributed by atoms with E-state index < -0.39 is 15.7 Å². The van der Waals surface area contributed by atoms with Crippen LogP contribution in [0.4, 0.5) is 0 Å². The highest BCUT2D eigenvalue weighted by atomic mass is 32.2. The first-order valence-electron chi connectivity index (χ1n) is 8.09. The maximum absolute atomic E-state index is 13.0. The molecule has 0 aromatic heterocycles. The fourth-order valence-electron chi connectivity index (χ4n) is 2.56. The van der Waals surface area contributed by atoms with Crippen LogP contribution in [0.2, 0.25) is 0 Å². The summed E-state index contributed by atoms with van der Waals surface area (Å²) in [5.41, 5.74) is 1.81. The number of carbonyl (C=O) groups is 1. The molecule has 1 amide bonds. The molecule has 0 bridgehead atoms. The molecule has 6 nitrogen and oxygen atoms in total. The summed E-state index contributed by atoms with van der Waals surface area (Å²) in [6.07, 6.45) is -0.249. The first-order valence-corrected chi connectivity index (χ1v) is 9.58. The molecule has 0 fully saturated rings. The molecule has 0 radical (unpaired) electrons. The molecule has 7 heteroatoms. The molecule has 0 saturated heterocycles. The fraction of sp³-hybridized carbons (Fsp3) is 0.0500. The first-order chi connectivity index (χ1) is 13.0. The van der Waals surface area contributed by atoms with E-state index in [1.807, 2.05) is 18.2 Å². The second-order valence-electron chi connectivity index (χ2n) is 5.71. The molecule has 0 spiro atoms. The predicted octanol–water partition coefficient (Wildman–Crippen LogP) is 3.36. The summed E-state index contributed by atoms with van der Waals surface area (Å²) >= 11 is 0. The van der Waals surface area contributed by atoms with Crippen LogP contribution < -0.4 is 10.2 Å². The van der Waals surface area contributed by atoms with Crippen LogP contribution in [0.25, 0.3) is 0 Å². The lowest BCUT2D eigenvalue weighted by Crippen LogP contribution is -2.21. The Bertz CT molecular complexity index is 1030. The van der Waals surface area contributed by atoms with E-state index in [9.17, 15) is 13.2 Å². The van der Waals surface area contributed by atoms with Gasteiger partial charge in [-0.25, -0.2) is 13.9 Å². The van der Waals surface area contributed by atoms with Crippen molar-refractivity contribution < 1.29 is 23.2 Å². The number of amides is 1. The van der Waals surface area contributed by atoms with Crippen LogP contribution in [0.1, 0.15) is 5.56 Å². The Morgan fingerprint density at radius 1 is 0.852 bits per heavy atom. The van der Waals surface area contributed by atoms with Gasteiger partial charge >= 0.3 is 0 Å². The number of ether oxygens (including phenoxy) is 1. The highest BCUT2D eigenvalue weighted by Crippen LogP contribution is 2.27. The Morgan fingerprint density at radius 3 is 2.11 bits per heavy atom. The summed E-state index contributed by atoms with van der Waals surface area (Å²) in [5.74, 6) is 0.464. The van der Waals surface area contributed by atoms with Gasteiger partial charge in [-0.3, -0.25) is 10.0 Å². The Labute approximate surface area is 156 Å². The molecular formula is C20H17NO5S. The van der Waals surface area contributed by atoms with Crippen molar-refractivity contribution in [3.8, 4) is 11.5 Å². The predicted molar refractivity (Wildman–Crippen MR) is 98.5 cm³/mol. The maximum atomic E-state index is 13.0. The maximum Gasteiger partial charge on any atom is 0.247 e. The molecular weight excluding hydrogens is 366 g/mol. The SMILES string of the molecule is O=C(Cc1ccccc1S(=O)(=O)c1ccc(Oc2ccccc2)cc1)NO. The Hall–Kier alpha value is -3.16. The molecule has 0 heterocycles. The van der Waals surface area contributed by atoms with E-state index in [0.717, 1.165) is 0 Å². The molecule has 0 aliphatic carbocycles. The molecule has 3 aromatic rings. The van der Waals surface area contributed by atoms with Gasteiger partial charge in [0.1, 0.15) is 11.5 Å². The zero-order valence-electron chi connectivity index (χ0n) is 14.2. The van der Waals surface area contributed by atoms with Crippen LogP contribution in [0.5, 0.6) is 11.5 Å². The average Bonchev–Trinajstić information content (AvgIpc) is 2.69.